The Morgan fingerprint density at radius 1 is 0.630 bits per heavy atom. The summed E-state index contributed by atoms with van der Waals surface area (Å²) in [4.78, 5) is 9.35. The molecule has 4 aromatic rings. The van der Waals surface area contributed by atoms with E-state index in [2.05, 4.69) is 47.0 Å². The first-order chi connectivity index (χ1) is 13.1. The van der Waals surface area contributed by atoms with Crippen molar-refractivity contribution in [1.82, 2.24) is 20.2 Å². The van der Waals surface area contributed by atoms with Crippen molar-refractivity contribution < 1.29 is 0 Å². The van der Waals surface area contributed by atoms with E-state index in [1.54, 1.807) is 0 Å². The van der Waals surface area contributed by atoms with Crippen molar-refractivity contribution in [2.45, 2.75) is 6.92 Å². The maximum atomic E-state index is 4.82. The van der Waals surface area contributed by atoms with Gasteiger partial charge in [0.1, 0.15) is 17.1 Å². The molecule has 0 atom stereocenters. The van der Waals surface area contributed by atoms with Gasteiger partial charge in [-0.2, -0.15) is 0 Å². The Morgan fingerprint density at radius 3 is 1.81 bits per heavy atom. The first kappa shape index (κ1) is 17.9. The smallest absolute Gasteiger partial charge is 0.201 e. The number of rotatable bonds is 3. The first-order valence-electron chi connectivity index (χ1n) is 8.31. The van der Waals surface area contributed by atoms with Crippen molar-refractivity contribution in [2.24, 2.45) is 0 Å². The molecule has 132 valence electrons. The topological polar surface area (TPSA) is 51.6 Å². The van der Waals surface area contributed by atoms with Gasteiger partial charge in [-0.1, -0.05) is 62.2 Å². The highest BCUT2D eigenvalue weighted by Gasteiger charge is 2.15. The minimum Gasteiger partial charge on any atom is -0.250 e. The largest absolute Gasteiger partial charge is 0.250 e. The summed E-state index contributed by atoms with van der Waals surface area (Å²) in [6.45, 7) is 1.95. The summed E-state index contributed by atoms with van der Waals surface area (Å²) >= 11 is 6.96. The summed E-state index contributed by atoms with van der Waals surface area (Å²) in [6, 6.07) is 21.8. The fourth-order valence-corrected chi connectivity index (χ4v) is 3.24. The molecule has 0 unspecified atom stereocenters. The number of halogens is 2. The van der Waals surface area contributed by atoms with Crippen LogP contribution in [0, 0.1) is 6.92 Å². The highest BCUT2D eigenvalue weighted by atomic mass is 79.9. The summed E-state index contributed by atoms with van der Waals surface area (Å²) in [5.41, 5.74) is 5.07. The maximum absolute atomic E-state index is 4.82. The van der Waals surface area contributed by atoms with Gasteiger partial charge in [0, 0.05) is 25.8 Å². The van der Waals surface area contributed by atoms with Crippen LogP contribution in [0.15, 0.2) is 75.7 Å². The molecule has 27 heavy (non-hydrogen) atoms. The van der Waals surface area contributed by atoms with E-state index in [4.69, 9.17) is 4.98 Å². The minimum atomic E-state index is 0.512. The highest BCUT2D eigenvalue weighted by Crippen LogP contribution is 2.31. The molecule has 0 saturated carbocycles. The number of nitrogens with zero attached hydrogens (tertiary/aromatic N) is 4. The summed E-state index contributed by atoms with van der Waals surface area (Å²) in [5.74, 6) is 0.512. The van der Waals surface area contributed by atoms with E-state index in [0.717, 1.165) is 37.2 Å². The van der Waals surface area contributed by atoms with Gasteiger partial charge in [-0.05, 0) is 43.3 Å². The van der Waals surface area contributed by atoms with Gasteiger partial charge < -0.3 is 0 Å². The van der Waals surface area contributed by atoms with Gasteiger partial charge in [-0.25, -0.2) is 9.97 Å². The fraction of sp³-hybridized carbons (Fsp3) is 0.0476. The van der Waals surface area contributed by atoms with Crippen molar-refractivity contribution in [1.29, 1.82) is 0 Å². The summed E-state index contributed by atoms with van der Waals surface area (Å²) in [7, 11) is 0. The van der Waals surface area contributed by atoms with Crippen LogP contribution in [0.2, 0.25) is 0 Å². The van der Waals surface area contributed by atoms with Gasteiger partial charge in [0.15, 0.2) is 0 Å². The molecule has 6 heteroatoms. The lowest BCUT2D eigenvalue weighted by Gasteiger charge is -2.10. The molecule has 0 amide bonds. The van der Waals surface area contributed by atoms with Crippen LogP contribution < -0.4 is 0 Å². The van der Waals surface area contributed by atoms with Crippen LogP contribution in [-0.2, 0) is 0 Å². The quantitative estimate of drug-likeness (QED) is 0.354. The van der Waals surface area contributed by atoms with E-state index < -0.39 is 0 Å². The Kier molecular flexibility index (Phi) is 5.09. The second-order valence-corrected chi connectivity index (χ2v) is 7.84. The van der Waals surface area contributed by atoms with Gasteiger partial charge in [0.2, 0.25) is 5.82 Å². The second kappa shape index (κ2) is 7.66. The molecule has 0 fully saturated rings. The molecule has 0 aliphatic carbocycles. The van der Waals surface area contributed by atoms with Crippen molar-refractivity contribution in [2.75, 3.05) is 0 Å². The maximum Gasteiger partial charge on any atom is 0.201 e. The third-order valence-electron chi connectivity index (χ3n) is 4.04. The van der Waals surface area contributed by atoms with E-state index in [-0.39, 0.29) is 0 Å². The second-order valence-electron chi connectivity index (χ2n) is 6.01. The summed E-state index contributed by atoms with van der Waals surface area (Å²) < 4.78 is 2.02. The number of pyridine rings is 1. The number of hydrogen-bond acceptors (Lipinski definition) is 4. The highest BCUT2D eigenvalue weighted by molar-refractivity contribution is 9.10. The van der Waals surface area contributed by atoms with Crippen LogP contribution in [0.3, 0.4) is 0 Å². The minimum absolute atomic E-state index is 0.512. The standard InChI is InChI=1S/C21H14Br2N4/c1-13-3-2-4-18(24-13)21-25-19(14-5-9-16(22)10-6-14)20(26-27-21)15-7-11-17(23)12-8-15/h2-12H,1H3. The Labute approximate surface area is 174 Å². The van der Waals surface area contributed by atoms with E-state index in [9.17, 15) is 0 Å². The van der Waals surface area contributed by atoms with Crippen LogP contribution >= 0.6 is 31.9 Å². The molecule has 0 aliphatic rings. The van der Waals surface area contributed by atoms with Crippen LogP contribution in [0.4, 0.5) is 0 Å². The van der Waals surface area contributed by atoms with Crippen molar-refractivity contribution >= 4 is 31.9 Å². The Bertz CT molecular complexity index is 1090. The molecule has 2 aromatic heterocycles. The van der Waals surface area contributed by atoms with Gasteiger partial charge in [0.05, 0.1) is 0 Å². The fourth-order valence-electron chi connectivity index (χ4n) is 2.71. The molecule has 0 bridgehead atoms. The van der Waals surface area contributed by atoms with Crippen molar-refractivity contribution in [3.8, 4) is 34.0 Å². The monoisotopic (exact) mass is 480 g/mol. The molecule has 2 aromatic carbocycles. The van der Waals surface area contributed by atoms with Crippen LogP contribution in [0.25, 0.3) is 34.0 Å². The third-order valence-corrected chi connectivity index (χ3v) is 5.10. The zero-order chi connectivity index (χ0) is 18.8. The Hall–Kier alpha value is -2.44. The van der Waals surface area contributed by atoms with E-state index in [1.807, 2.05) is 73.7 Å². The van der Waals surface area contributed by atoms with Crippen molar-refractivity contribution in [3.05, 3.63) is 81.4 Å². The molecule has 4 nitrogen and oxygen atoms in total. The molecule has 4 rings (SSSR count). The van der Waals surface area contributed by atoms with Gasteiger partial charge in [0.25, 0.3) is 0 Å². The van der Waals surface area contributed by atoms with Gasteiger partial charge in [-0.15, -0.1) is 10.2 Å². The summed E-state index contributed by atoms with van der Waals surface area (Å²) in [5, 5.41) is 8.85. The van der Waals surface area contributed by atoms with Crippen LogP contribution in [0.5, 0.6) is 0 Å². The lowest BCUT2D eigenvalue weighted by molar-refractivity contribution is 0.978. The molecule has 0 N–H and O–H groups in total. The van der Waals surface area contributed by atoms with E-state index in [0.29, 0.717) is 11.5 Å². The molecule has 0 radical (unpaired) electrons. The van der Waals surface area contributed by atoms with Gasteiger partial charge >= 0.3 is 0 Å². The van der Waals surface area contributed by atoms with Crippen LogP contribution in [0.1, 0.15) is 5.69 Å². The molecular weight excluding hydrogens is 468 g/mol. The number of benzene rings is 2. The average Bonchev–Trinajstić information content (AvgIpc) is 2.69. The zero-order valence-corrected chi connectivity index (χ0v) is 17.6. The average molecular weight is 482 g/mol. The predicted octanol–water partition coefficient (Wildman–Crippen LogP) is 6.10. The SMILES string of the molecule is Cc1cccc(-c2nnc(-c3ccc(Br)cc3)c(-c3ccc(Br)cc3)n2)n1. The Balaban J connectivity index is 1.90. The zero-order valence-electron chi connectivity index (χ0n) is 14.4. The molecule has 0 aliphatic heterocycles. The third kappa shape index (κ3) is 3.96. The molecule has 0 spiro atoms. The van der Waals surface area contributed by atoms with Gasteiger partial charge in [-0.3, -0.25) is 0 Å². The molecule has 2 heterocycles. The van der Waals surface area contributed by atoms with Crippen LogP contribution in [-0.4, -0.2) is 20.2 Å². The lowest BCUT2D eigenvalue weighted by atomic mass is 10.0. The number of aromatic nitrogens is 4. The number of hydrogen-bond donors (Lipinski definition) is 0. The predicted molar refractivity (Wildman–Crippen MR) is 114 cm³/mol. The molecular formula is C21H14Br2N4. The normalized spacial score (nSPS) is 10.8. The summed E-state index contributed by atoms with van der Waals surface area (Å²) in [6.07, 6.45) is 0. The molecule has 0 saturated heterocycles. The number of aryl methyl sites for hydroxylation is 1. The van der Waals surface area contributed by atoms with E-state index in [1.165, 1.54) is 0 Å². The Morgan fingerprint density at radius 2 is 1.22 bits per heavy atom. The van der Waals surface area contributed by atoms with E-state index >= 15 is 0 Å². The lowest BCUT2D eigenvalue weighted by Crippen LogP contribution is -2.01. The first-order valence-corrected chi connectivity index (χ1v) is 9.89. The van der Waals surface area contributed by atoms with Crippen molar-refractivity contribution in [3.63, 3.8) is 0 Å².